The predicted octanol–water partition coefficient (Wildman–Crippen LogP) is 0.428. The molecule has 2 heterocycles. The van der Waals surface area contributed by atoms with Crippen LogP contribution in [0.1, 0.15) is 18.5 Å². The highest BCUT2D eigenvalue weighted by atomic mass is 19.1. The lowest BCUT2D eigenvalue weighted by atomic mass is 9.94. The van der Waals surface area contributed by atoms with Crippen LogP contribution >= 0.6 is 0 Å². The van der Waals surface area contributed by atoms with Crippen LogP contribution in [0.5, 0.6) is 0 Å². The van der Waals surface area contributed by atoms with E-state index in [4.69, 9.17) is 4.74 Å². The molecule has 3 unspecified atom stereocenters. The number of amides is 1. The molecule has 0 aromatic heterocycles. The summed E-state index contributed by atoms with van der Waals surface area (Å²) in [6.45, 7) is 6.72. The Bertz CT molecular complexity index is 548. The SMILES string of the molecule is CC(CN1CCOCC1)NC(=O)C1CNNC1c1ccc(F)cc1. The van der Waals surface area contributed by atoms with Gasteiger partial charge in [-0.2, -0.15) is 0 Å². The molecule has 2 fully saturated rings. The molecule has 3 N–H and O–H groups in total. The first-order chi connectivity index (χ1) is 11.6. The number of carbonyl (C=O) groups excluding carboxylic acids is 1. The average molecular weight is 336 g/mol. The minimum Gasteiger partial charge on any atom is -0.379 e. The van der Waals surface area contributed by atoms with Crippen LogP contribution in [0.3, 0.4) is 0 Å². The van der Waals surface area contributed by atoms with Gasteiger partial charge in [-0.05, 0) is 24.6 Å². The molecule has 6 nitrogen and oxygen atoms in total. The van der Waals surface area contributed by atoms with E-state index in [9.17, 15) is 9.18 Å². The van der Waals surface area contributed by atoms with Gasteiger partial charge in [0.15, 0.2) is 0 Å². The number of hydrogen-bond acceptors (Lipinski definition) is 5. The maximum Gasteiger partial charge on any atom is 0.226 e. The summed E-state index contributed by atoms with van der Waals surface area (Å²) >= 11 is 0. The molecule has 1 amide bonds. The molecule has 7 heteroatoms. The third-order valence-electron chi connectivity index (χ3n) is 4.57. The molecule has 0 saturated carbocycles. The van der Waals surface area contributed by atoms with Gasteiger partial charge in [0.2, 0.25) is 5.91 Å². The Morgan fingerprint density at radius 1 is 1.38 bits per heavy atom. The second kappa shape index (κ2) is 8.02. The predicted molar refractivity (Wildman–Crippen MR) is 88.6 cm³/mol. The third kappa shape index (κ3) is 4.30. The minimum atomic E-state index is -0.273. The zero-order valence-corrected chi connectivity index (χ0v) is 13.9. The monoisotopic (exact) mass is 336 g/mol. The van der Waals surface area contributed by atoms with E-state index < -0.39 is 0 Å². The molecule has 1 aromatic carbocycles. The number of hydrazine groups is 1. The summed E-state index contributed by atoms with van der Waals surface area (Å²) in [5.74, 6) is -0.477. The number of hydrogen-bond donors (Lipinski definition) is 3. The van der Waals surface area contributed by atoms with E-state index in [0.29, 0.717) is 6.54 Å². The highest BCUT2D eigenvalue weighted by molar-refractivity contribution is 5.80. The van der Waals surface area contributed by atoms with E-state index in [1.807, 2.05) is 6.92 Å². The number of halogens is 1. The first-order valence-corrected chi connectivity index (χ1v) is 8.48. The fourth-order valence-corrected chi connectivity index (χ4v) is 3.29. The molecule has 0 bridgehead atoms. The third-order valence-corrected chi connectivity index (χ3v) is 4.57. The van der Waals surface area contributed by atoms with E-state index in [1.165, 1.54) is 12.1 Å². The molecule has 2 aliphatic rings. The quantitative estimate of drug-likeness (QED) is 0.728. The Balaban J connectivity index is 1.55. The molecule has 0 radical (unpaired) electrons. The van der Waals surface area contributed by atoms with Crippen LogP contribution in [0.15, 0.2) is 24.3 Å². The fraction of sp³-hybridized carbons (Fsp3) is 0.588. The maximum absolute atomic E-state index is 13.1. The molecule has 132 valence electrons. The van der Waals surface area contributed by atoms with Gasteiger partial charge in [-0.25, -0.2) is 9.82 Å². The fourth-order valence-electron chi connectivity index (χ4n) is 3.29. The van der Waals surface area contributed by atoms with Gasteiger partial charge >= 0.3 is 0 Å². The topological polar surface area (TPSA) is 65.6 Å². The summed E-state index contributed by atoms with van der Waals surface area (Å²) in [5, 5.41) is 3.10. The van der Waals surface area contributed by atoms with Crippen LogP contribution in [-0.4, -0.2) is 56.2 Å². The lowest BCUT2D eigenvalue weighted by Crippen LogP contribution is -2.48. The Hall–Kier alpha value is -1.54. The number of benzene rings is 1. The maximum atomic E-state index is 13.1. The first-order valence-electron chi connectivity index (χ1n) is 8.48. The number of rotatable bonds is 5. The molecule has 2 saturated heterocycles. The number of nitrogens with zero attached hydrogens (tertiary/aromatic N) is 1. The van der Waals surface area contributed by atoms with Crippen molar-refractivity contribution in [3.63, 3.8) is 0 Å². The molecule has 0 spiro atoms. The van der Waals surface area contributed by atoms with Gasteiger partial charge in [0.05, 0.1) is 25.2 Å². The summed E-state index contributed by atoms with van der Waals surface area (Å²) in [6.07, 6.45) is 0. The van der Waals surface area contributed by atoms with Crippen LogP contribution < -0.4 is 16.2 Å². The van der Waals surface area contributed by atoms with E-state index in [1.54, 1.807) is 12.1 Å². The lowest BCUT2D eigenvalue weighted by Gasteiger charge is -2.30. The van der Waals surface area contributed by atoms with Gasteiger partial charge < -0.3 is 10.1 Å². The smallest absolute Gasteiger partial charge is 0.226 e. The van der Waals surface area contributed by atoms with Crippen LogP contribution in [0.2, 0.25) is 0 Å². The molecule has 3 atom stereocenters. The van der Waals surface area contributed by atoms with Crippen LogP contribution in [-0.2, 0) is 9.53 Å². The van der Waals surface area contributed by atoms with Crippen molar-refractivity contribution < 1.29 is 13.9 Å². The van der Waals surface area contributed by atoms with Crippen molar-refractivity contribution in [1.82, 2.24) is 21.1 Å². The van der Waals surface area contributed by atoms with Crippen LogP contribution in [0, 0.1) is 11.7 Å². The lowest BCUT2D eigenvalue weighted by molar-refractivity contribution is -0.125. The Morgan fingerprint density at radius 3 is 2.79 bits per heavy atom. The van der Waals surface area contributed by atoms with Crippen molar-refractivity contribution in [3.8, 4) is 0 Å². The number of morpholine rings is 1. The number of nitrogens with one attached hydrogen (secondary N) is 3. The van der Waals surface area contributed by atoms with Crippen molar-refractivity contribution in [2.45, 2.75) is 19.0 Å². The van der Waals surface area contributed by atoms with Crippen molar-refractivity contribution >= 4 is 5.91 Å². The van der Waals surface area contributed by atoms with Crippen molar-refractivity contribution in [1.29, 1.82) is 0 Å². The second-order valence-electron chi connectivity index (χ2n) is 6.48. The molecule has 24 heavy (non-hydrogen) atoms. The second-order valence-corrected chi connectivity index (χ2v) is 6.48. The van der Waals surface area contributed by atoms with Gasteiger partial charge in [0.1, 0.15) is 5.82 Å². The largest absolute Gasteiger partial charge is 0.379 e. The van der Waals surface area contributed by atoms with E-state index >= 15 is 0 Å². The molecule has 0 aliphatic carbocycles. The molecular formula is C17H25FN4O2. The van der Waals surface area contributed by atoms with E-state index in [0.717, 1.165) is 38.4 Å². The number of ether oxygens (including phenoxy) is 1. The van der Waals surface area contributed by atoms with Gasteiger partial charge in [-0.1, -0.05) is 12.1 Å². The molecule has 3 rings (SSSR count). The Kier molecular flexibility index (Phi) is 5.78. The zero-order valence-electron chi connectivity index (χ0n) is 13.9. The normalized spacial score (nSPS) is 26.2. The van der Waals surface area contributed by atoms with Crippen LogP contribution in [0.25, 0.3) is 0 Å². The van der Waals surface area contributed by atoms with Crippen molar-refractivity contribution in [3.05, 3.63) is 35.6 Å². The summed E-state index contributed by atoms with van der Waals surface area (Å²) < 4.78 is 18.4. The minimum absolute atomic E-state index is 0.0163. The molecule has 1 aromatic rings. The standard InChI is InChI=1S/C17H25FN4O2/c1-12(11-22-6-8-24-9-7-22)20-17(23)15-10-19-21-16(15)13-2-4-14(18)5-3-13/h2-5,12,15-16,19,21H,6-11H2,1H3,(H,20,23). The molecule has 2 aliphatic heterocycles. The highest BCUT2D eigenvalue weighted by Crippen LogP contribution is 2.25. The summed E-state index contributed by atoms with van der Waals surface area (Å²) in [7, 11) is 0. The van der Waals surface area contributed by atoms with Gasteiger partial charge in [-0.15, -0.1) is 0 Å². The Morgan fingerprint density at radius 2 is 2.08 bits per heavy atom. The first kappa shape index (κ1) is 17.3. The van der Waals surface area contributed by atoms with E-state index in [-0.39, 0.29) is 29.7 Å². The highest BCUT2D eigenvalue weighted by Gasteiger charge is 2.34. The van der Waals surface area contributed by atoms with Gasteiger partial charge in [0.25, 0.3) is 0 Å². The van der Waals surface area contributed by atoms with Crippen LogP contribution in [0.4, 0.5) is 4.39 Å². The van der Waals surface area contributed by atoms with Crippen molar-refractivity contribution in [2.75, 3.05) is 39.4 Å². The average Bonchev–Trinajstić information content (AvgIpc) is 3.06. The van der Waals surface area contributed by atoms with E-state index in [2.05, 4.69) is 21.1 Å². The summed E-state index contributed by atoms with van der Waals surface area (Å²) in [5.41, 5.74) is 7.06. The Labute approximate surface area is 141 Å². The molecular weight excluding hydrogens is 311 g/mol. The number of carbonyl (C=O) groups is 1. The van der Waals surface area contributed by atoms with Gasteiger partial charge in [-0.3, -0.25) is 15.1 Å². The summed E-state index contributed by atoms with van der Waals surface area (Å²) in [4.78, 5) is 14.9. The van der Waals surface area contributed by atoms with Crippen molar-refractivity contribution in [2.24, 2.45) is 5.92 Å². The van der Waals surface area contributed by atoms with Gasteiger partial charge in [0, 0.05) is 32.2 Å². The zero-order chi connectivity index (χ0) is 16.9. The summed E-state index contributed by atoms with van der Waals surface area (Å²) in [6, 6.07) is 6.21.